The molecule has 3 nitrogen and oxygen atoms in total. The topological polar surface area (TPSA) is 32.5 Å². The second-order valence-corrected chi connectivity index (χ2v) is 6.11. The van der Waals surface area contributed by atoms with Gasteiger partial charge in [-0.25, -0.2) is 4.39 Å². The molecule has 4 aliphatic rings. The van der Waals surface area contributed by atoms with Crippen LogP contribution in [-0.2, 0) is 5.41 Å². The van der Waals surface area contributed by atoms with Crippen molar-refractivity contribution in [2.75, 3.05) is 32.8 Å². The van der Waals surface area contributed by atoms with E-state index in [-0.39, 0.29) is 17.3 Å². The molecule has 0 saturated carbocycles. The molecule has 18 heavy (non-hydrogen) atoms. The summed E-state index contributed by atoms with van der Waals surface area (Å²) >= 11 is 0. The number of hydrogen-bond acceptors (Lipinski definition) is 3. The van der Waals surface area contributed by atoms with Crippen LogP contribution >= 0.6 is 0 Å². The maximum atomic E-state index is 13.1. The van der Waals surface area contributed by atoms with Crippen LogP contribution < -0.4 is 5.73 Å². The first kappa shape index (κ1) is 10.9. The van der Waals surface area contributed by atoms with Gasteiger partial charge in [-0.3, -0.25) is 9.80 Å². The summed E-state index contributed by atoms with van der Waals surface area (Å²) in [5.74, 6) is 0.393. The maximum absolute atomic E-state index is 13.1. The Kier molecular flexibility index (Phi) is 2.14. The molecule has 4 fully saturated rings. The minimum absolute atomic E-state index is 0.00706. The van der Waals surface area contributed by atoms with Gasteiger partial charge in [-0.2, -0.15) is 0 Å². The summed E-state index contributed by atoms with van der Waals surface area (Å²) in [6.07, 6.45) is 0. The van der Waals surface area contributed by atoms with Crippen LogP contribution in [0.5, 0.6) is 0 Å². The van der Waals surface area contributed by atoms with Crippen molar-refractivity contribution >= 4 is 0 Å². The fourth-order valence-electron chi connectivity index (χ4n) is 4.24. The van der Waals surface area contributed by atoms with Crippen molar-refractivity contribution in [3.05, 3.63) is 35.6 Å². The van der Waals surface area contributed by atoms with Crippen LogP contribution in [0.4, 0.5) is 4.39 Å². The Labute approximate surface area is 106 Å². The highest BCUT2D eigenvalue weighted by molar-refractivity contribution is 5.33. The first-order valence-electron chi connectivity index (χ1n) is 6.64. The fraction of sp³-hybridized carbons (Fsp3) is 0.571. The molecule has 4 saturated heterocycles. The minimum Gasteiger partial charge on any atom is -0.326 e. The molecule has 3 unspecified atom stereocenters. The molecule has 96 valence electrons. The summed E-state index contributed by atoms with van der Waals surface area (Å²) in [6, 6.07) is 7.17. The zero-order chi connectivity index (χ0) is 12.3. The Bertz CT molecular complexity index is 458. The van der Waals surface area contributed by atoms with Crippen LogP contribution in [0.25, 0.3) is 0 Å². The molecule has 4 heteroatoms. The fourth-order valence-corrected chi connectivity index (χ4v) is 4.24. The van der Waals surface area contributed by atoms with Crippen molar-refractivity contribution in [3.8, 4) is 0 Å². The highest BCUT2D eigenvalue weighted by Crippen LogP contribution is 2.43. The molecule has 0 spiro atoms. The first-order chi connectivity index (χ1) is 8.67. The lowest BCUT2D eigenvalue weighted by molar-refractivity contribution is -0.0991. The Morgan fingerprint density at radius 2 is 1.72 bits per heavy atom. The first-order valence-corrected chi connectivity index (χ1v) is 6.64. The molecule has 0 aliphatic carbocycles. The molecule has 0 aromatic heterocycles. The molecular formula is C14H18FN3. The van der Waals surface area contributed by atoms with E-state index in [1.165, 1.54) is 5.56 Å². The summed E-state index contributed by atoms with van der Waals surface area (Å²) < 4.78 is 13.1. The summed E-state index contributed by atoms with van der Waals surface area (Å²) in [6.45, 7) is 5.37. The van der Waals surface area contributed by atoms with E-state index in [4.69, 9.17) is 5.73 Å². The van der Waals surface area contributed by atoms with Crippen molar-refractivity contribution in [1.82, 2.24) is 9.80 Å². The van der Waals surface area contributed by atoms with E-state index in [0.29, 0.717) is 5.92 Å². The van der Waals surface area contributed by atoms with E-state index in [9.17, 15) is 4.39 Å². The monoisotopic (exact) mass is 247 g/mol. The lowest BCUT2D eigenvalue weighted by Gasteiger charge is -2.62. The van der Waals surface area contributed by atoms with E-state index in [2.05, 4.69) is 9.80 Å². The Balaban J connectivity index is 1.79. The quantitative estimate of drug-likeness (QED) is 0.789. The van der Waals surface area contributed by atoms with Crippen LogP contribution in [0.15, 0.2) is 24.3 Å². The molecule has 1 aromatic rings. The van der Waals surface area contributed by atoms with Crippen molar-refractivity contribution in [2.24, 2.45) is 11.7 Å². The van der Waals surface area contributed by atoms with Crippen molar-refractivity contribution in [2.45, 2.75) is 11.5 Å². The van der Waals surface area contributed by atoms with Gasteiger partial charge in [0.15, 0.2) is 0 Å². The van der Waals surface area contributed by atoms with E-state index < -0.39 is 0 Å². The molecular weight excluding hydrogens is 229 g/mol. The van der Waals surface area contributed by atoms with E-state index in [1.54, 1.807) is 12.1 Å². The van der Waals surface area contributed by atoms with Crippen LogP contribution in [0.3, 0.4) is 0 Å². The van der Waals surface area contributed by atoms with Crippen LogP contribution in [-0.4, -0.2) is 48.7 Å². The molecule has 0 amide bonds. The minimum atomic E-state index is -0.169. The van der Waals surface area contributed by atoms with Crippen molar-refractivity contribution in [3.63, 3.8) is 0 Å². The molecule has 4 heterocycles. The maximum Gasteiger partial charge on any atom is 0.123 e. The van der Waals surface area contributed by atoms with Crippen LogP contribution in [0.2, 0.25) is 0 Å². The summed E-state index contributed by atoms with van der Waals surface area (Å²) in [4.78, 5) is 4.98. The molecule has 4 bridgehead atoms. The predicted molar refractivity (Wildman–Crippen MR) is 67.6 cm³/mol. The number of benzene rings is 1. The van der Waals surface area contributed by atoms with E-state index >= 15 is 0 Å². The number of nitrogens with zero attached hydrogens (tertiary/aromatic N) is 2. The lowest BCUT2D eigenvalue weighted by Crippen LogP contribution is -2.77. The van der Waals surface area contributed by atoms with Crippen LogP contribution in [0, 0.1) is 11.7 Å². The third-order valence-corrected chi connectivity index (χ3v) is 4.96. The summed E-state index contributed by atoms with van der Waals surface area (Å²) in [7, 11) is 0. The van der Waals surface area contributed by atoms with Gasteiger partial charge in [0, 0.05) is 43.6 Å². The standard InChI is InChI=1S/C14H18FN3/c15-12-3-1-11(2-4-12)14-7-17-5-10(13(14)16)6-18(8-14)9-17/h1-4,10,13H,5-9,16H2. The average Bonchev–Trinajstić information content (AvgIpc) is 2.35. The van der Waals surface area contributed by atoms with Gasteiger partial charge in [-0.15, -0.1) is 0 Å². The predicted octanol–water partition coefficient (Wildman–Crippen LogP) is 0.609. The molecule has 4 aliphatic heterocycles. The average molecular weight is 247 g/mol. The third-order valence-electron chi connectivity index (χ3n) is 4.96. The number of nitrogens with two attached hydrogens (primary N) is 1. The molecule has 1 aromatic carbocycles. The van der Waals surface area contributed by atoms with Gasteiger partial charge >= 0.3 is 0 Å². The lowest BCUT2D eigenvalue weighted by atomic mass is 9.63. The Morgan fingerprint density at radius 1 is 1.11 bits per heavy atom. The number of piperidine rings is 2. The van der Waals surface area contributed by atoms with Crippen LogP contribution in [0.1, 0.15) is 5.56 Å². The molecule has 2 N–H and O–H groups in total. The second kappa shape index (κ2) is 3.53. The smallest absolute Gasteiger partial charge is 0.123 e. The Morgan fingerprint density at radius 3 is 2.33 bits per heavy atom. The van der Waals surface area contributed by atoms with Gasteiger partial charge in [0.25, 0.3) is 0 Å². The van der Waals surface area contributed by atoms with Gasteiger partial charge in [-0.1, -0.05) is 12.1 Å². The highest BCUT2D eigenvalue weighted by atomic mass is 19.1. The van der Waals surface area contributed by atoms with Crippen molar-refractivity contribution < 1.29 is 4.39 Å². The number of hydrogen-bond donors (Lipinski definition) is 1. The molecule has 5 rings (SSSR count). The van der Waals surface area contributed by atoms with Gasteiger partial charge < -0.3 is 5.73 Å². The number of rotatable bonds is 1. The van der Waals surface area contributed by atoms with Gasteiger partial charge in [0.1, 0.15) is 5.82 Å². The highest BCUT2D eigenvalue weighted by Gasteiger charge is 2.55. The van der Waals surface area contributed by atoms with Gasteiger partial charge in [0.05, 0.1) is 6.67 Å². The zero-order valence-electron chi connectivity index (χ0n) is 10.3. The van der Waals surface area contributed by atoms with Gasteiger partial charge in [-0.05, 0) is 17.7 Å². The second-order valence-electron chi connectivity index (χ2n) is 6.11. The SMILES string of the molecule is NC1C2CN3CN(C2)CC1(c1ccc(F)cc1)C3. The van der Waals surface area contributed by atoms with Crippen molar-refractivity contribution in [1.29, 1.82) is 0 Å². The number of halogens is 1. The summed E-state index contributed by atoms with van der Waals surface area (Å²) in [5, 5.41) is 0. The van der Waals surface area contributed by atoms with E-state index in [1.807, 2.05) is 12.1 Å². The Hall–Kier alpha value is -0.970. The van der Waals surface area contributed by atoms with E-state index in [0.717, 1.165) is 32.8 Å². The summed E-state index contributed by atoms with van der Waals surface area (Å²) in [5.41, 5.74) is 7.74. The normalized spacial score (nSPS) is 45.4. The van der Waals surface area contributed by atoms with Gasteiger partial charge in [0.2, 0.25) is 0 Å². The molecule has 0 radical (unpaired) electrons. The largest absolute Gasteiger partial charge is 0.326 e. The molecule has 3 atom stereocenters. The third kappa shape index (κ3) is 1.34. The zero-order valence-corrected chi connectivity index (χ0v) is 10.3.